The summed E-state index contributed by atoms with van der Waals surface area (Å²) in [5.41, 5.74) is 5.58. The van der Waals surface area contributed by atoms with Crippen LogP contribution in [0.4, 0.5) is 0 Å². The number of amides is 2. The maximum absolute atomic E-state index is 11.5. The second kappa shape index (κ2) is 4.52. The van der Waals surface area contributed by atoms with Crippen LogP contribution in [0.15, 0.2) is 0 Å². The molecule has 1 atom stereocenters. The Bertz CT molecular complexity index is 240. The molecule has 0 bridgehead atoms. The lowest BCUT2D eigenvalue weighted by Crippen LogP contribution is -2.52. The first kappa shape index (κ1) is 11.1. The zero-order valence-corrected chi connectivity index (χ0v) is 8.69. The minimum atomic E-state index is -0.491. The number of hydrogen-bond donors (Lipinski definition) is 1. The Labute approximate surface area is 83.8 Å². The number of imide groups is 1. The van der Waals surface area contributed by atoms with Gasteiger partial charge in [0.1, 0.15) is 0 Å². The summed E-state index contributed by atoms with van der Waals surface area (Å²) < 4.78 is 0. The minimum absolute atomic E-state index is 0.0986. The van der Waals surface area contributed by atoms with Crippen LogP contribution in [-0.2, 0) is 9.59 Å². The van der Waals surface area contributed by atoms with Crippen molar-refractivity contribution >= 4 is 11.8 Å². The molecule has 1 aliphatic rings. The van der Waals surface area contributed by atoms with Gasteiger partial charge < -0.3 is 10.6 Å². The second-order valence-electron chi connectivity index (χ2n) is 3.83. The lowest BCUT2D eigenvalue weighted by atomic mass is 10.1. The third kappa shape index (κ3) is 2.52. The molecule has 1 rings (SSSR count). The van der Waals surface area contributed by atoms with E-state index in [2.05, 4.69) is 0 Å². The molecule has 5 heteroatoms. The standard InChI is InChI=1S/C9H17N3O2/c1-11(2)5-6-12-8(13)4-3-7(10)9(12)14/h7H,3-6,10H2,1-2H3. The van der Waals surface area contributed by atoms with E-state index in [0.29, 0.717) is 25.9 Å². The first-order chi connectivity index (χ1) is 6.52. The molecule has 1 fully saturated rings. The molecule has 1 heterocycles. The van der Waals surface area contributed by atoms with E-state index in [9.17, 15) is 9.59 Å². The molecule has 2 N–H and O–H groups in total. The van der Waals surface area contributed by atoms with Crippen molar-refractivity contribution in [3.63, 3.8) is 0 Å². The Balaban J connectivity index is 2.54. The van der Waals surface area contributed by atoms with E-state index in [0.717, 1.165) is 0 Å². The first-order valence-electron chi connectivity index (χ1n) is 4.77. The Morgan fingerprint density at radius 1 is 1.50 bits per heavy atom. The van der Waals surface area contributed by atoms with E-state index in [-0.39, 0.29) is 11.8 Å². The van der Waals surface area contributed by atoms with E-state index in [1.54, 1.807) is 0 Å². The van der Waals surface area contributed by atoms with Gasteiger partial charge in [0, 0.05) is 19.5 Å². The average molecular weight is 199 g/mol. The predicted molar refractivity (Wildman–Crippen MR) is 52.5 cm³/mol. The zero-order valence-electron chi connectivity index (χ0n) is 8.69. The van der Waals surface area contributed by atoms with Gasteiger partial charge in [0.15, 0.2) is 0 Å². The summed E-state index contributed by atoms with van der Waals surface area (Å²) in [6.07, 6.45) is 0.871. The summed E-state index contributed by atoms with van der Waals surface area (Å²) in [6.45, 7) is 1.13. The van der Waals surface area contributed by atoms with Crippen molar-refractivity contribution in [1.82, 2.24) is 9.80 Å². The minimum Gasteiger partial charge on any atom is -0.320 e. The van der Waals surface area contributed by atoms with Gasteiger partial charge in [-0.1, -0.05) is 0 Å². The highest BCUT2D eigenvalue weighted by atomic mass is 16.2. The van der Waals surface area contributed by atoms with Crippen molar-refractivity contribution in [2.75, 3.05) is 27.2 Å². The third-order valence-electron chi connectivity index (χ3n) is 2.32. The van der Waals surface area contributed by atoms with Crippen molar-refractivity contribution in [2.24, 2.45) is 5.73 Å². The largest absolute Gasteiger partial charge is 0.320 e. The number of nitrogens with zero attached hydrogens (tertiary/aromatic N) is 2. The molecule has 1 aliphatic heterocycles. The molecule has 80 valence electrons. The molecule has 0 aromatic carbocycles. The number of rotatable bonds is 3. The lowest BCUT2D eigenvalue weighted by molar-refractivity contribution is -0.149. The highest BCUT2D eigenvalue weighted by molar-refractivity contribution is 6.00. The van der Waals surface area contributed by atoms with Crippen molar-refractivity contribution in [1.29, 1.82) is 0 Å². The van der Waals surface area contributed by atoms with Gasteiger partial charge in [-0.2, -0.15) is 0 Å². The molecule has 1 saturated heterocycles. The van der Waals surface area contributed by atoms with Gasteiger partial charge in [-0.15, -0.1) is 0 Å². The van der Waals surface area contributed by atoms with Gasteiger partial charge in [-0.3, -0.25) is 14.5 Å². The number of piperidine rings is 1. The van der Waals surface area contributed by atoms with Gasteiger partial charge in [0.2, 0.25) is 11.8 Å². The summed E-state index contributed by atoms with van der Waals surface area (Å²) in [5, 5.41) is 0. The molecule has 0 aromatic rings. The van der Waals surface area contributed by atoms with Crippen molar-refractivity contribution in [3.05, 3.63) is 0 Å². The van der Waals surface area contributed by atoms with Crippen LogP contribution >= 0.6 is 0 Å². The van der Waals surface area contributed by atoms with E-state index in [4.69, 9.17) is 5.73 Å². The summed E-state index contributed by atoms with van der Waals surface area (Å²) in [5.74, 6) is -0.332. The number of carbonyl (C=O) groups is 2. The van der Waals surface area contributed by atoms with Crippen molar-refractivity contribution in [2.45, 2.75) is 18.9 Å². The summed E-state index contributed by atoms with van der Waals surface area (Å²) >= 11 is 0. The Hall–Kier alpha value is -0.940. The van der Waals surface area contributed by atoms with Crippen LogP contribution in [0.2, 0.25) is 0 Å². The molecule has 14 heavy (non-hydrogen) atoms. The molecule has 0 radical (unpaired) electrons. The Morgan fingerprint density at radius 2 is 2.14 bits per heavy atom. The molecule has 0 spiro atoms. The smallest absolute Gasteiger partial charge is 0.246 e. The third-order valence-corrected chi connectivity index (χ3v) is 2.32. The zero-order chi connectivity index (χ0) is 10.7. The highest BCUT2D eigenvalue weighted by Crippen LogP contribution is 2.10. The summed E-state index contributed by atoms with van der Waals surface area (Å²) in [6, 6.07) is -0.491. The Kier molecular flexibility index (Phi) is 3.60. The van der Waals surface area contributed by atoms with Crippen LogP contribution < -0.4 is 5.73 Å². The van der Waals surface area contributed by atoms with Crippen LogP contribution in [0.25, 0.3) is 0 Å². The monoisotopic (exact) mass is 199 g/mol. The van der Waals surface area contributed by atoms with Gasteiger partial charge in [0.05, 0.1) is 6.04 Å². The molecule has 1 unspecified atom stereocenters. The molecule has 2 amide bonds. The fourth-order valence-corrected chi connectivity index (χ4v) is 1.40. The normalized spacial score (nSPS) is 23.4. The molecule has 0 aliphatic carbocycles. The second-order valence-corrected chi connectivity index (χ2v) is 3.83. The number of likely N-dealkylation sites (N-methyl/N-ethyl adjacent to an activating group) is 1. The molecule has 0 aromatic heterocycles. The van der Waals surface area contributed by atoms with Crippen LogP contribution in [0.1, 0.15) is 12.8 Å². The lowest BCUT2D eigenvalue weighted by Gasteiger charge is -2.29. The first-order valence-corrected chi connectivity index (χ1v) is 4.77. The maximum Gasteiger partial charge on any atom is 0.246 e. The number of nitrogens with two attached hydrogens (primary N) is 1. The van der Waals surface area contributed by atoms with E-state index >= 15 is 0 Å². The number of carbonyl (C=O) groups excluding carboxylic acids is 2. The molecule has 0 saturated carbocycles. The summed E-state index contributed by atoms with van der Waals surface area (Å²) in [4.78, 5) is 26.1. The van der Waals surface area contributed by atoms with Crippen molar-refractivity contribution < 1.29 is 9.59 Å². The SMILES string of the molecule is CN(C)CCN1C(=O)CCC(N)C1=O. The van der Waals surface area contributed by atoms with Crippen LogP contribution in [-0.4, -0.2) is 54.8 Å². The number of likely N-dealkylation sites (tertiary alicyclic amines) is 1. The van der Waals surface area contributed by atoms with Crippen LogP contribution in [0, 0.1) is 0 Å². The summed E-state index contributed by atoms with van der Waals surface area (Å²) in [7, 11) is 3.80. The Morgan fingerprint density at radius 3 is 2.71 bits per heavy atom. The van der Waals surface area contributed by atoms with Gasteiger partial charge in [0.25, 0.3) is 0 Å². The molecule has 5 nitrogen and oxygen atoms in total. The fraction of sp³-hybridized carbons (Fsp3) is 0.778. The van der Waals surface area contributed by atoms with E-state index < -0.39 is 6.04 Å². The topological polar surface area (TPSA) is 66.6 Å². The van der Waals surface area contributed by atoms with Gasteiger partial charge in [-0.25, -0.2) is 0 Å². The molecular formula is C9H17N3O2. The molecular weight excluding hydrogens is 182 g/mol. The highest BCUT2D eigenvalue weighted by Gasteiger charge is 2.31. The van der Waals surface area contributed by atoms with Gasteiger partial charge in [-0.05, 0) is 20.5 Å². The van der Waals surface area contributed by atoms with E-state index in [1.165, 1.54) is 4.90 Å². The quantitative estimate of drug-likeness (QED) is 0.594. The fourth-order valence-electron chi connectivity index (χ4n) is 1.40. The van der Waals surface area contributed by atoms with Crippen LogP contribution in [0.5, 0.6) is 0 Å². The number of hydrogen-bond acceptors (Lipinski definition) is 4. The van der Waals surface area contributed by atoms with Crippen molar-refractivity contribution in [3.8, 4) is 0 Å². The van der Waals surface area contributed by atoms with Crippen LogP contribution in [0.3, 0.4) is 0 Å². The predicted octanol–water partition coefficient (Wildman–Crippen LogP) is -0.976. The average Bonchev–Trinajstić information content (AvgIpc) is 2.11. The van der Waals surface area contributed by atoms with E-state index in [1.807, 2.05) is 19.0 Å². The maximum atomic E-state index is 11.5. The van der Waals surface area contributed by atoms with Gasteiger partial charge >= 0.3 is 0 Å².